The number of fused-ring (bicyclic) bond motifs is 1. The number of nitrogen functional groups attached to an aromatic ring is 1. The van der Waals surface area contributed by atoms with Gasteiger partial charge in [0, 0.05) is 30.6 Å². The van der Waals surface area contributed by atoms with Gasteiger partial charge in [0.05, 0.1) is 18.4 Å². The summed E-state index contributed by atoms with van der Waals surface area (Å²) in [5.74, 6) is 1.18. The smallest absolute Gasteiger partial charge is 0.169 e. The van der Waals surface area contributed by atoms with Gasteiger partial charge >= 0.3 is 0 Å². The molecule has 29 heavy (non-hydrogen) atoms. The average Bonchev–Trinajstić information content (AvgIpc) is 3.38. The topological polar surface area (TPSA) is 106 Å². The summed E-state index contributed by atoms with van der Waals surface area (Å²) in [6.07, 6.45) is 8.40. The first-order chi connectivity index (χ1) is 14.2. The second-order valence-corrected chi connectivity index (χ2v) is 6.98. The normalized spacial score (nSPS) is 12.3. The van der Waals surface area contributed by atoms with Crippen LogP contribution in [0.25, 0.3) is 11.1 Å². The van der Waals surface area contributed by atoms with Crippen molar-refractivity contribution in [3.8, 4) is 11.1 Å². The van der Waals surface area contributed by atoms with Crippen LogP contribution in [0, 0.1) is 0 Å². The number of nitrogens with two attached hydrogens (primary N) is 1. The Morgan fingerprint density at radius 3 is 2.72 bits per heavy atom. The molecule has 8 nitrogen and oxygen atoms in total. The third-order valence-electron chi connectivity index (χ3n) is 4.82. The fraction of sp³-hybridized carbons (Fsp3) is 0.0952. The molecule has 4 aromatic rings. The highest BCUT2D eigenvalue weighted by molar-refractivity contribution is 5.74. The van der Waals surface area contributed by atoms with Gasteiger partial charge in [0.2, 0.25) is 0 Å². The molecule has 144 valence electrons. The molecule has 5 rings (SSSR count). The van der Waals surface area contributed by atoms with Crippen molar-refractivity contribution in [2.75, 3.05) is 16.6 Å². The van der Waals surface area contributed by atoms with Crippen LogP contribution in [-0.4, -0.2) is 19.7 Å². The van der Waals surface area contributed by atoms with E-state index in [1.165, 1.54) is 0 Å². The Hall–Kier alpha value is -3.91. The largest absolute Gasteiger partial charge is 0.384 e. The molecule has 0 bridgehead atoms. The predicted molar refractivity (Wildman–Crippen MR) is 113 cm³/mol. The summed E-state index contributed by atoms with van der Waals surface area (Å²) in [7, 11) is 0. The molecule has 5 N–H and O–H groups in total. The number of pyridine rings is 2. The van der Waals surface area contributed by atoms with Gasteiger partial charge in [-0.2, -0.15) is 5.10 Å². The maximum absolute atomic E-state index is 5.92. The van der Waals surface area contributed by atoms with Crippen LogP contribution in [0.15, 0.2) is 67.3 Å². The van der Waals surface area contributed by atoms with Crippen molar-refractivity contribution in [3.63, 3.8) is 0 Å². The molecular formula is C21H20N8. The second-order valence-electron chi connectivity index (χ2n) is 6.98. The van der Waals surface area contributed by atoms with E-state index in [-0.39, 0.29) is 0 Å². The molecule has 0 aliphatic carbocycles. The number of hydrogen-bond acceptors (Lipinski definition) is 7. The number of hydrazine groups is 2. The van der Waals surface area contributed by atoms with Crippen LogP contribution in [0.2, 0.25) is 0 Å². The fourth-order valence-electron chi connectivity index (χ4n) is 3.50. The molecule has 1 aromatic carbocycles. The van der Waals surface area contributed by atoms with Crippen molar-refractivity contribution in [2.45, 2.75) is 13.0 Å². The van der Waals surface area contributed by atoms with Gasteiger partial charge in [-0.25, -0.2) is 4.98 Å². The summed E-state index contributed by atoms with van der Waals surface area (Å²) >= 11 is 0. The molecule has 0 saturated carbocycles. The van der Waals surface area contributed by atoms with E-state index in [1.807, 2.05) is 53.7 Å². The lowest BCUT2D eigenvalue weighted by molar-refractivity contribution is 0.684. The van der Waals surface area contributed by atoms with Crippen LogP contribution in [0.3, 0.4) is 0 Å². The standard InChI is InChI=1S/C21H20N8/c22-19-8-17(20-21(25-19)27-28-26-20)6-15-10-24-29(13-15)12-14-7-18(11-23-9-14)16-4-2-1-3-5-16/h1-5,7-11,13,26,28H,6,12H2,(H3,22,25,27). The van der Waals surface area contributed by atoms with Gasteiger partial charge in [-0.05, 0) is 34.4 Å². The zero-order valence-corrected chi connectivity index (χ0v) is 15.6. The van der Waals surface area contributed by atoms with Gasteiger partial charge in [0.25, 0.3) is 0 Å². The van der Waals surface area contributed by atoms with Crippen molar-refractivity contribution in [1.29, 1.82) is 0 Å². The molecule has 0 fully saturated rings. The first-order valence-corrected chi connectivity index (χ1v) is 9.32. The minimum Gasteiger partial charge on any atom is -0.384 e. The summed E-state index contributed by atoms with van der Waals surface area (Å²) in [5, 5.41) is 4.52. The minimum absolute atomic E-state index is 0.480. The molecule has 8 heteroatoms. The lowest BCUT2D eigenvalue weighted by atomic mass is 10.1. The van der Waals surface area contributed by atoms with Crippen molar-refractivity contribution in [2.24, 2.45) is 0 Å². The number of rotatable bonds is 5. The van der Waals surface area contributed by atoms with E-state index in [0.29, 0.717) is 24.6 Å². The molecule has 0 amide bonds. The quantitative estimate of drug-likeness (QED) is 0.419. The third-order valence-corrected chi connectivity index (χ3v) is 4.82. The average molecular weight is 384 g/mol. The molecule has 0 unspecified atom stereocenters. The van der Waals surface area contributed by atoms with Crippen molar-refractivity contribution < 1.29 is 0 Å². The molecule has 1 aliphatic heterocycles. The molecule has 0 radical (unpaired) electrons. The van der Waals surface area contributed by atoms with Crippen LogP contribution >= 0.6 is 0 Å². The number of aromatic nitrogens is 4. The Morgan fingerprint density at radius 2 is 1.83 bits per heavy atom. The first kappa shape index (κ1) is 17.2. The molecule has 0 spiro atoms. The Morgan fingerprint density at radius 1 is 0.931 bits per heavy atom. The van der Waals surface area contributed by atoms with Crippen LogP contribution in [-0.2, 0) is 13.0 Å². The zero-order valence-electron chi connectivity index (χ0n) is 15.6. The van der Waals surface area contributed by atoms with Gasteiger partial charge in [-0.3, -0.25) is 15.1 Å². The van der Waals surface area contributed by atoms with Crippen LogP contribution in [0.4, 0.5) is 17.3 Å². The van der Waals surface area contributed by atoms with Crippen LogP contribution < -0.4 is 22.1 Å². The number of anilines is 3. The number of hydrogen-bond donors (Lipinski definition) is 4. The number of benzene rings is 1. The monoisotopic (exact) mass is 384 g/mol. The highest BCUT2D eigenvalue weighted by Crippen LogP contribution is 2.30. The summed E-state index contributed by atoms with van der Waals surface area (Å²) in [6, 6.07) is 14.3. The predicted octanol–water partition coefficient (Wildman–Crippen LogP) is 2.82. The summed E-state index contributed by atoms with van der Waals surface area (Å²) in [6.45, 7) is 0.658. The second kappa shape index (κ2) is 7.25. The van der Waals surface area contributed by atoms with E-state index in [1.54, 1.807) is 0 Å². The Balaban J connectivity index is 1.34. The highest BCUT2D eigenvalue weighted by atomic mass is 15.6. The molecule has 1 aliphatic rings. The highest BCUT2D eigenvalue weighted by Gasteiger charge is 2.17. The Labute approximate surface area is 167 Å². The molecule has 3 aromatic heterocycles. The SMILES string of the molecule is Nc1cc(Cc2cnn(Cc3cncc(-c4ccccc4)c3)c2)c2c(n1)NNN2. The summed E-state index contributed by atoms with van der Waals surface area (Å²) in [4.78, 5) is 8.66. The first-order valence-electron chi connectivity index (χ1n) is 9.32. The summed E-state index contributed by atoms with van der Waals surface area (Å²) < 4.78 is 1.93. The van der Waals surface area contributed by atoms with Gasteiger partial charge in [-0.15, -0.1) is 5.53 Å². The number of nitrogens with zero attached hydrogens (tertiary/aromatic N) is 4. The van der Waals surface area contributed by atoms with E-state index in [4.69, 9.17) is 5.73 Å². The van der Waals surface area contributed by atoms with Gasteiger partial charge in [-0.1, -0.05) is 30.3 Å². The maximum Gasteiger partial charge on any atom is 0.169 e. The van der Waals surface area contributed by atoms with Gasteiger partial charge < -0.3 is 11.2 Å². The van der Waals surface area contributed by atoms with E-state index in [0.717, 1.165) is 33.5 Å². The lowest BCUT2D eigenvalue weighted by Crippen LogP contribution is -2.19. The maximum atomic E-state index is 5.92. The minimum atomic E-state index is 0.480. The molecule has 0 saturated heterocycles. The third kappa shape index (κ3) is 3.61. The summed E-state index contributed by atoms with van der Waals surface area (Å²) in [5.41, 5.74) is 21.2. The lowest BCUT2D eigenvalue weighted by Gasteiger charge is -2.07. The van der Waals surface area contributed by atoms with E-state index in [2.05, 4.69) is 49.7 Å². The van der Waals surface area contributed by atoms with E-state index < -0.39 is 0 Å². The Bertz CT molecular complexity index is 1150. The van der Waals surface area contributed by atoms with Crippen molar-refractivity contribution in [1.82, 2.24) is 25.3 Å². The van der Waals surface area contributed by atoms with Gasteiger partial charge in [0.1, 0.15) is 5.82 Å². The Kier molecular flexibility index (Phi) is 4.30. The molecule has 4 heterocycles. The molecule has 0 atom stereocenters. The van der Waals surface area contributed by atoms with Crippen LogP contribution in [0.1, 0.15) is 16.7 Å². The zero-order chi connectivity index (χ0) is 19.6. The molecular weight excluding hydrogens is 364 g/mol. The van der Waals surface area contributed by atoms with E-state index in [9.17, 15) is 0 Å². The van der Waals surface area contributed by atoms with Crippen molar-refractivity contribution in [3.05, 3.63) is 83.9 Å². The van der Waals surface area contributed by atoms with Gasteiger partial charge in [0.15, 0.2) is 5.82 Å². The van der Waals surface area contributed by atoms with Crippen molar-refractivity contribution >= 4 is 17.3 Å². The van der Waals surface area contributed by atoms with Crippen LogP contribution in [0.5, 0.6) is 0 Å². The fourth-order valence-corrected chi connectivity index (χ4v) is 3.50. The van der Waals surface area contributed by atoms with E-state index >= 15 is 0 Å². The number of nitrogens with one attached hydrogen (secondary N) is 3.